The zero-order chi connectivity index (χ0) is 21.6. The molecule has 0 aliphatic carbocycles. The van der Waals surface area contributed by atoms with E-state index in [4.69, 9.17) is 4.74 Å². The van der Waals surface area contributed by atoms with E-state index in [1.165, 1.54) is 18.7 Å². The van der Waals surface area contributed by atoms with Gasteiger partial charge in [-0.3, -0.25) is 9.36 Å². The Morgan fingerprint density at radius 1 is 1.03 bits per heavy atom. The van der Waals surface area contributed by atoms with Crippen LogP contribution in [0.5, 0.6) is 0 Å². The van der Waals surface area contributed by atoms with Gasteiger partial charge in [0.25, 0.3) is 0 Å². The number of esters is 1. The molecule has 0 saturated carbocycles. The first-order valence-corrected chi connectivity index (χ1v) is 10.2. The maximum absolute atomic E-state index is 13.1. The molecule has 0 N–H and O–H groups in total. The van der Waals surface area contributed by atoms with Crippen LogP contribution >= 0.6 is 0 Å². The Morgan fingerprint density at radius 2 is 1.81 bits per heavy atom. The highest BCUT2D eigenvalue weighted by Crippen LogP contribution is 2.27. The molecule has 0 saturated heterocycles. The van der Waals surface area contributed by atoms with Crippen LogP contribution < -0.4 is 0 Å². The van der Waals surface area contributed by atoms with E-state index in [0.717, 1.165) is 16.5 Å². The molecule has 1 unspecified atom stereocenters. The van der Waals surface area contributed by atoms with Crippen molar-refractivity contribution in [1.82, 2.24) is 9.47 Å². The molecular formula is C26H24N2O3. The van der Waals surface area contributed by atoms with Crippen molar-refractivity contribution < 1.29 is 14.3 Å². The van der Waals surface area contributed by atoms with Gasteiger partial charge in [0.1, 0.15) is 0 Å². The summed E-state index contributed by atoms with van der Waals surface area (Å²) in [6, 6.07) is 19.9. The van der Waals surface area contributed by atoms with Crippen LogP contribution in [-0.4, -0.2) is 28.5 Å². The van der Waals surface area contributed by atoms with Crippen LogP contribution in [0.3, 0.4) is 0 Å². The lowest BCUT2D eigenvalue weighted by molar-refractivity contribution is -0.134. The zero-order valence-corrected chi connectivity index (χ0v) is 17.3. The van der Waals surface area contributed by atoms with E-state index >= 15 is 0 Å². The van der Waals surface area contributed by atoms with Crippen molar-refractivity contribution in [2.75, 3.05) is 7.11 Å². The lowest BCUT2D eigenvalue weighted by atomic mass is 9.93. The zero-order valence-electron chi connectivity index (χ0n) is 17.3. The van der Waals surface area contributed by atoms with Gasteiger partial charge in [0, 0.05) is 48.9 Å². The summed E-state index contributed by atoms with van der Waals surface area (Å²) in [4.78, 5) is 26.8. The van der Waals surface area contributed by atoms with Gasteiger partial charge in [-0.05, 0) is 29.3 Å². The SMILES string of the molecule is COC(=O)/C=C\C1=CN(Cc2ccccc2)C=CC1CC(=O)n1ccc2ccccc21. The number of nitrogens with zero attached hydrogens (tertiary/aromatic N) is 2. The number of carbonyl (C=O) groups is 2. The molecule has 0 fully saturated rings. The number of hydrogen-bond donors (Lipinski definition) is 0. The van der Waals surface area contributed by atoms with E-state index in [1.807, 2.05) is 73.2 Å². The first-order valence-electron chi connectivity index (χ1n) is 10.2. The summed E-state index contributed by atoms with van der Waals surface area (Å²) in [5.41, 5.74) is 2.95. The summed E-state index contributed by atoms with van der Waals surface area (Å²) in [6.07, 6.45) is 11.2. The summed E-state index contributed by atoms with van der Waals surface area (Å²) in [6.45, 7) is 0.704. The molecule has 0 bridgehead atoms. The third-order valence-corrected chi connectivity index (χ3v) is 5.34. The van der Waals surface area contributed by atoms with Crippen molar-refractivity contribution in [2.45, 2.75) is 13.0 Å². The Kier molecular flexibility index (Phi) is 6.13. The number of ether oxygens (including phenoxy) is 1. The number of fused-ring (bicyclic) bond motifs is 1. The Labute approximate surface area is 181 Å². The van der Waals surface area contributed by atoms with Crippen molar-refractivity contribution in [1.29, 1.82) is 0 Å². The summed E-state index contributed by atoms with van der Waals surface area (Å²) < 4.78 is 6.43. The molecule has 1 aromatic heterocycles. The van der Waals surface area contributed by atoms with Gasteiger partial charge in [-0.1, -0.05) is 54.6 Å². The molecule has 0 amide bonds. The highest BCUT2D eigenvalue weighted by Gasteiger charge is 2.20. The number of allylic oxidation sites excluding steroid dienone is 3. The van der Waals surface area contributed by atoms with Crippen LogP contribution in [0.25, 0.3) is 10.9 Å². The van der Waals surface area contributed by atoms with Gasteiger partial charge in [0.15, 0.2) is 0 Å². The number of benzene rings is 2. The maximum atomic E-state index is 13.1. The second-order valence-corrected chi connectivity index (χ2v) is 7.43. The van der Waals surface area contributed by atoms with E-state index in [9.17, 15) is 9.59 Å². The molecule has 2 heterocycles. The van der Waals surface area contributed by atoms with Crippen LogP contribution in [-0.2, 0) is 16.1 Å². The van der Waals surface area contributed by atoms with Crippen LogP contribution in [0.4, 0.5) is 0 Å². The van der Waals surface area contributed by atoms with Crippen molar-refractivity contribution in [3.63, 3.8) is 0 Å². The van der Waals surface area contributed by atoms with Crippen LogP contribution in [0.2, 0.25) is 0 Å². The highest BCUT2D eigenvalue weighted by molar-refractivity contribution is 5.92. The van der Waals surface area contributed by atoms with E-state index in [1.54, 1.807) is 10.6 Å². The average Bonchev–Trinajstić information content (AvgIpc) is 3.24. The second-order valence-electron chi connectivity index (χ2n) is 7.43. The molecule has 0 spiro atoms. The summed E-state index contributed by atoms with van der Waals surface area (Å²) in [5, 5.41) is 1.03. The van der Waals surface area contributed by atoms with Crippen molar-refractivity contribution in [3.8, 4) is 0 Å². The molecule has 4 rings (SSSR count). The third-order valence-electron chi connectivity index (χ3n) is 5.34. The number of carbonyl (C=O) groups excluding carboxylic acids is 2. The molecule has 5 nitrogen and oxygen atoms in total. The summed E-state index contributed by atoms with van der Waals surface area (Å²) in [5.74, 6) is -0.558. The predicted molar refractivity (Wildman–Crippen MR) is 121 cm³/mol. The minimum absolute atomic E-state index is 0.00438. The number of methoxy groups -OCH3 is 1. The maximum Gasteiger partial charge on any atom is 0.330 e. The number of rotatable bonds is 6. The fourth-order valence-electron chi connectivity index (χ4n) is 3.72. The molecule has 0 radical (unpaired) electrons. The molecule has 1 atom stereocenters. The van der Waals surface area contributed by atoms with Gasteiger partial charge in [-0.25, -0.2) is 4.79 Å². The van der Waals surface area contributed by atoms with Crippen LogP contribution in [0.15, 0.2) is 103 Å². The quantitative estimate of drug-likeness (QED) is 0.426. The minimum Gasteiger partial charge on any atom is -0.466 e. The molecule has 156 valence electrons. The standard InChI is InChI=1S/C26H24N2O3/c1-31-26(30)12-11-23-19-27(18-20-7-3-2-4-8-20)15-13-22(23)17-25(29)28-16-14-21-9-5-6-10-24(21)28/h2-16,19,22H,17-18H2,1H3/b12-11-. The number of hydrogen-bond acceptors (Lipinski definition) is 4. The number of para-hydroxylation sites is 1. The fraction of sp³-hybridized carbons (Fsp3) is 0.154. The average molecular weight is 412 g/mol. The summed E-state index contributed by atoms with van der Waals surface area (Å²) in [7, 11) is 1.35. The number of aromatic nitrogens is 1. The molecular weight excluding hydrogens is 388 g/mol. The Hall–Kier alpha value is -3.86. The van der Waals surface area contributed by atoms with Gasteiger partial charge in [0.05, 0.1) is 12.6 Å². The normalized spacial score (nSPS) is 16.0. The summed E-state index contributed by atoms with van der Waals surface area (Å²) >= 11 is 0. The molecule has 5 heteroatoms. The van der Waals surface area contributed by atoms with E-state index in [0.29, 0.717) is 13.0 Å². The topological polar surface area (TPSA) is 51.5 Å². The van der Waals surface area contributed by atoms with Crippen molar-refractivity contribution >= 4 is 22.8 Å². The fourth-order valence-corrected chi connectivity index (χ4v) is 3.72. The largest absolute Gasteiger partial charge is 0.466 e. The molecule has 1 aliphatic rings. The van der Waals surface area contributed by atoms with Crippen molar-refractivity contribution in [3.05, 3.63) is 109 Å². The van der Waals surface area contributed by atoms with Gasteiger partial charge >= 0.3 is 5.97 Å². The van der Waals surface area contributed by atoms with Gasteiger partial charge in [-0.2, -0.15) is 0 Å². The first kappa shape index (κ1) is 20.4. The second kappa shape index (κ2) is 9.30. The van der Waals surface area contributed by atoms with E-state index < -0.39 is 5.97 Å². The molecule has 2 aromatic carbocycles. The Bertz CT molecular complexity index is 1170. The van der Waals surface area contributed by atoms with Crippen LogP contribution in [0, 0.1) is 5.92 Å². The Morgan fingerprint density at radius 3 is 2.61 bits per heavy atom. The van der Waals surface area contributed by atoms with E-state index in [-0.39, 0.29) is 11.8 Å². The Balaban J connectivity index is 1.55. The molecule has 31 heavy (non-hydrogen) atoms. The highest BCUT2D eigenvalue weighted by atomic mass is 16.5. The van der Waals surface area contributed by atoms with Gasteiger partial charge < -0.3 is 9.64 Å². The van der Waals surface area contributed by atoms with Crippen LogP contribution in [0.1, 0.15) is 16.8 Å². The predicted octanol–water partition coefficient (Wildman–Crippen LogP) is 4.93. The first-order chi connectivity index (χ1) is 15.1. The molecule has 1 aliphatic heterocycles. The third kappa shape index (κ3) is 4.83. The van der Waals surface area contributed by atoms with Gasteiger partial charge in [0.2, 0.25) is 5.91 Å². The lowest BCUT2D eigenvalue weighted by Crippen LogP contribution is -2.21. The van der Waals surface area contributed by atoms with Gasteiger partial charge in [-0.15, -0.1) is 0 Å². The minimum atomic E-state index is -0.424. The monoisotopic (exact) mass is 412 g/mol. The smallest absolute Gasteiger partial charge is 0.330 e. The molecule has 3 aromatic rings. The lowest BCUT2D eigenvalue weighted by Gasteiger charge is -2.26. The van der Waals surface area contributed by atoms with Crippen molar-refractivity contribution in [2.24, 2.45) is 5.92 Å². The van der Waals surface area contributed by atoms with E-state index in [2.05, 4.69) is 17.0 Å².